The van der Waals surface area contributed by atoms with Crippen molar-refractivity contribution in [3.63, 3.8) is 0 Å². The smallest absolute Gasteiger partial charge is 0.328 e. The van der Waals surface area contributed by atoms with Crippen LogP contribution in [0.15, 0.2) is 66.7 Å². The van der Waals surface area contributed by atoms with E-state index >= 15 is 0 Å². The standard InChI is InChI=1S/C28H24Cl2N2O5/c1-35-18-9-10-19(25(15-18)36-2)23-12-8-17-13-16(7-11-22(17)31-23)14-24(28(34)37-3)32-27(33)26-20(29)5-4-6-21(26)30/h4-13,15,24H,14H2,1-3H3,(H,32,33). The predicted octanol–water partition coefficient (Wildman–Crippen LogP) is 5.74. The molecule has 3 aromatic carbocycles. The summed E-state index contributed by atoms with van der Waals surface area (Å²) in [6.07, 6.45) is 0.199. The Hall–Kier alpha value is -3.81. The number of aromatic nitrogens is 1. The highest BCUT2D eigenvalue weighted by Crippen LogP contribution is 2.33. The number of hydrogen-bond acceptors (Lipinski definition) is 6. The van der Waals surface area contributed by atoms with Crippen LogP contribution < -0.4 is 14.8 Å². The van der Waals surface area contributed by atoms with Crippen molar-refractivity contribution < 1.29 is 23.8 Å². The van der Waals surface area contributed by atoms with Crippen molar-refractivity contribution >= 4 is 46.0 Å². The number of hydrogen-bond donors (Lipinski definition) is 1. The largest absolute Gasteiger partial charge is 0.497 e. The van der Waals surface area contributed by atoms with Gasteiger partial charge in [-0.05, 0) is 48.0 Å². The molecule has 0 radical (unpaired) electrons. The molecule has 1 unspecified atom stereocenters. The third kappa shape index (κ3) is 5.79. The fourth-order valence-electron chi connectivity index (χ4n) is 3.98. The maximum atomic E-state index is 12.9. The number of benzene rings is 3. The number of rotatable bonds is 8. The zero-order chi connectivity index (χ0) is 26.5. The van der Waals surface area contributed by atoms with Crippen LogP contribution in [0.5, 0.6) is 11.5 Å². The van der Waals surface area contributed by atoms with Crippen molar-refractivity contribution in [2.45, 2.75) is 12.5 Å². The summed E-state index contributed by atoms with van der Waals surface area (Å²) in [5, 5.41) is 3.94. The van der Waals surface area contributed by atoms with Crippen LogP contribution in [0, 0.1) is 0 Å². The topological polar surface area (TPSA) is 86.8 Å². The van der Waals surface area contributed by atoms with E-state index in [0.29, 0.717) is 11.5 Å². The van der Waals surface area contributed by atoms with Gasteiger partial charge in [-0.3, -0.25) is 4.79 Å². The van der Waals surface area contributed by atoms with Crippen LogP contribution in [0.3, 0.4) is 0 Å². The molecule has 7 nitrogen and oxygen atoms in total. The third-order valence-corrected chi connectivity index (χ3v) is 6.49. The van der Waals surface area contributed by atoms with Crippen LogP contribution in [0.1, 0.15) is 15.9 Å². The second-order valence-corrected chi connectivity index (χ2v) is 8.95. The second-order valence-electron chi connectivity index (χ2n) is 8.14. The number of nitrogens with zero attached hydrogens (tertiary/aromatic N) is 1. The molecule has 9 heteroatoms. The van der Waals surface area contributed by atoms with Gasteiger partial charge in [-0.25, -0.2) is 9.78 Å². The highest BCUT2D eigenvalue weighted by molar-refractivity contribution is 6.39. The van der Waals surface area contributed by atoms with Crippen LogP contribution in [0.2, 0.25) is 10.0 Å². The second kappa shape index (κ2) is 11.5. The van der Waals surface area contributed by atoms with Crippen LogP contribution in [-0.2, 0) is 16.0 Å². The Morgan fingerprint density at radius 1 is 0.919 bits per heavy atom. The average Bonchev–Trinajstić information content (AvgIpc) is 2.91. The number of esters is 1. The maximum absolute atomic E-state index is 12.9. The Morgan fingerprint density at radius 3 is 2.35 bits per heavy atom. The van der Waals surface area contributed by atoms with Gasteiger partial charge in [0.15, 0.2) is 0 Å². The lowest BCUT2D eigenvalue weighted by atomic mass is 10.0. The van der Waals surface area contributed by atoms with E-state index in [2.05, 4.69) is 5.32 Å². The summed E-state index contributed by atoms with van der Waals surface area (Å²) in [6.45, 7) is 0. The summed E-state index contributed by atoms with van der Waals surface area (Å²) in [4.78, 5) is 30.1. The van der Waals surface area contributed by atoms with Crippen molar-refractivity contribution in [2.75, 3.05) is 21.3 Å². The van der Waals surface area contributed by atoms with Crippen molar-refractivity contribution in [3.05, 3.63) is 87.9 Å². The van der Waals surface area contributed by atoms with Crippen LogP contribution >= 0.6 is 23.2 Å². The molecule has 0 saturated heterocycles. The third-order valence-electron chi connectivity index (χ3n) is 5.86. The lowest BCUT2D eigenvalue weighted by molar-refractivity contribution is -0.142. The normalized spacial score (nSPS) is 11.6. The summed E-state index contributed by atoms with van der Waals surface area (Å²) in [5.74, 6) is 0.191. The molecule has 37 heavy (non-hydrogen) atoms. The first-order valence-electron chi connectivity index (χ1n) is 11.3. The number of halogens is 2. The van der Waals surface area contributed by atoms with Gasteiger partial charge >= 0.3 is 5.97 Å². The van der Waals surface area contributed by atoms with E-state index in [9.17, 15) is 9.59 Å². The zero-order valence-corrected chi connectivity index (χ0v) is 21.9. The summed E-state index contributed by atoms with van der Waals surface area (Å²) >= 11 is 12.3. The zero-order valence-electron chi connectivity index (χ0n) is 20.4. The first-order valence-corrected chi connectivity index (χ1v) is 12.0. The first-order chi connectivity index (χ1) is 17.8. The number of fused-ring (bicyclic) bond motifs is 1. The van der Waals surface area contributed by atoms with E-state index in [4.69, 9.17) is 42.4 Å². The van der Waals surface area contributed by atoms with Crippen molar-refractivity contribution in [3.8, 4) is 22.8 Å². The molecule has 1 atom stereocenters. The van der Waals surface area contributed by atoms with Crippen molar-refractivity contribution in [2.24, 2.45) is 0 Å². The number of carbonyl (C=O) groups excluding carboxylic acids is 2. The van der Waals surface area contributed by atoms with E-state index in [1.165, 1.54) is 7.11 Å². The van der Waals surface area contributed by atoms with Gasteiger partial charge in [-0.1, -0.05) is 41.4 Å². The van der Waals surface area contributed by atoms with Gasteiger partial charge in [-0.2, -0.15) is 0 Å². The minimum absolute atomic E-state index is 0.101. The summed E-state index contributed by atoms with van der Waals surface area (Å²) in [5.41, 5.74) is 3.26. The fraction of sp³-hybridized carbons (Fsp3) is 0.179. The molecule has 190 valence electrons. The Labute approximate surface area is 224 Å². The molecule has 1 amide bonds. The molecule has 4 aromatic rings. The molecule has 0 aliphatic rings. The van der Waals surface area contributed by atoms with Crippen molar-refractivity contribution in [1.82, 2.24) is 10.3 Å². The molecule has 0 bridgehead atoms. The lowest BCUT2D eigenvalue weighted by Gasteiger charge is -2.18. The molecule has 0 spiro atoms. The first kappa shape index (κ1) is 26.3. The highest BCUT2D eigenvalue weighted by atomic mass is 35.5. The predicted molar refractivity (Wildman–Crippen MR) is 144 cm³/mol. The van der Waals surface area contributed by atoms with Gasteiger partial charge in [0.1, 0.15) is 17.5 Å². The Balaban J connectivity index is 1.59. The Kier molecular flexibility index (Phi) is 8.16. The molecule has 1 aromatic heterocycles. The number of methoxy groups -OCH3 is 3. The van der Waals surface area contributed by atoms with E-state index in [0.717, 1.165) is 27.7 Å². The number of amides is 1. The quantitative estimate of drug-likeness (QED) is 0.288. The Morgan fingerprint density at radius 2 is 1.68 bits per heavy atom. The molecule has 1 heterocycles. The van der Waals surface area contributed by atoms with Crippen LogP contribution in [0.25, 0.3) is 22.2 Å². The van der Waals surface area contributed by atoms with Gasteiger partial charge in [-0.15, -0.1) is 0 Å². The summed E-state index contributed by atoms with van der Waals surface area (Å²) < 4.78 is 15.7. The van der Waals surface area contributed by atoms with E-state index in [1.54, 1.807) is 38.5 Å². The minimum atomic E-state index is -0.946. The average molecular weight is 539 g/mol. The van der Waals surface area contributed by atoms with E-state index in [-0.39, 0.29) is 22.0 Å². The van der Waals surface area contributed by atoms with E-state index in [1.807, 2.05) is 42.5 Å². The maximum Gasteiger partial charge on any atom is 0.328 e. The summed E-state index contributed by atoms with van der Waals surface area (Å²) in [6, 6.07) is 18.8. The van der Waals surface area contributed by atoms with E-state index < -0.39 is 17.9 Å². The minimum Gasteiger partial charge on any atom is -0.497 e. The van der Waals surface area contributed by atoms with Crippen LogP contribution in [-0.4, -0.2) is 44.2 Å². The number of carbonyl (C=O) groups is 2. The highest BCUT2D eigenvalue weighted by Gasteiger charge is 2.25. The van der Waals surface area contributed by atoms with Gasteiger partial charge in [0, 0.05) is 23.4 Å². The number of pyridine rings is 1. The lowest BCUT2D eigenvalue weighted by Crippen LogP contribution is -2.43. The number of ether oxygens (including phenoxy) is 3. The Bertz CT molecular complexity index is 1450. The molecule has 4 rings (SSSR count). The molecular weight excluding hydrogens is 515 g/mol. The molecule has 0 aliphatic carbocycles. The fourth-order valence-corrected chi connectivity index (χ4v) is 4.55. The van der Waals surface area contributed by atoms with Crippen molar-refractivity contribution in [1.29, 1.82) is 0 Å². The molecular formula is C28H24Cl2N2O5. The SMILES string of the molecule is COC(=O)C(Cc1ccc2nc(-c3ccc(OC)cc3OC)ccc2c1)NC(=O)c1c(Cl)cccc1Cl. The van der Waals surface area contributed by atoms with Gasteiger partial charge in [0.25, 0.3) is 5.91 Å². The van der Waals surface area contributed by atoms with Gasteiger partial charge in [0.2, 0.25) is 0 Å². The van der Waals surface area contributed by atoms with Gasteiger partial charge < -0.3 is 19.5 Å². The summed E-state index contributed by atoms with van der Waals surface area (Å²) in [7, 11) is 4.47. The van der Waals surface area contributed by atoms with Crippen LogP contribution in [0.4, 0.5) is 0 Å². The van der Waals surface area contributed by atoms with Gasteiger partial charge in [0.05, 0.1) is 48.1 Å². The molecule has 0 saturated carbocycles. The number of nitrogens with one attached hydrogen (secondary N) is 1. The molecule has 0 fully saturated rings. The molecule has 0 aliphatic heterocycles. The molecule has 1 N–H and O–H groups in total. The monoisotopic (exact) mass is 538 g/mol.